The molecule has 1 nitrogen and oxygen atoms in total. The Hall–Kier alpha value is -0.590. The molecule has 0 radical (unpaired) electrons. The number of hydrogen-bond acceptors (Lipinski definition) is 1. The molecule has 1 atom stereocenters. The van der Waals surface area contributed by atoms with Crippen molar-refractivity contribution in [2.75, 3.05) is 0 Å². The van der Waals surface area contributed by atoms with Crippen LogP contribution in [0.4, 0.5) is 0 Å². The van der Waals surface area contributed by atoms with Crippen molar-refractivity contribution in [3.05, 3.63) is 12.2 Å². The van der Waals surface area contributed by atoms with Crippen molar-refractivity contribution in [1.82, 2.24) is 0 Å². The molecule has 1 heteroatoms. The van der Waals surface area contributed by atoms with Gasteiger partial charge < -0.3 is 0 Å². The third-order valence-electron chi connectivity index (χ3n) is 2.94. The van der Waals surface area contributed by atoms with E-state index in [2.05, 4.69) is 27.4 Å². The van der Waals surface area contributed by atoms with Gasteiger partial charge in [-0.15, -0.1) is 0 Å². The molecule has 1 fully saturated rings. The first-order valence-electron chi connectivity index (χ1n) is 4.17. The van der Waals surface area contributed by atoms with Crippen LogP contribution in [0.15, 0.2) is 12.2 Å². The Morgan fingerprint density at radius 3 is 2.27 bits per heavy atom. The smallest absolute Gasteiger partial charge is 0.143 e. The van der Waals surface area contributed by atoms with Crippen LogP contribution in [0.5, 0.6) is 0 Å². The molecular weight excluding hydrogens is 136 g/mol. The maximum Gasteiger partial charge on any atom is 0.143 e. The molecule has 1 rings (SSSR count). The van der Waals surface area contributed by atoms with E-state index in [1.54, 1.807) is 0 Å². The average Bonchev–Trinajstić information content (AvgIpc) is 2.08. The summed E-state index contributed by atoms with van der Waals surface area (Å²) in [6, 6.07) is 0. The molecule has 0 aliphatic heterocycles. The quantitative estimate of drug-likeness (QED) is 0.528. The molecule has 0 aromatic rings. The highest BCUT2D eigenvalue weighted by Crippen LogP contribution is 2.42. The normalized spacial score (nSPS) is 32.0. The van der Waals surface area contributed by atoms with Gasteiger partial charge in [0.15, 0.2) is 0 Å². The van der Waals surface area contributed by atoms with Crippen LogP contribution in [-0.4, -0.2) is 5.78 Å². The predicted octanol–water partition coefficient (Wildman–Crippen LogP) is 2.57. The SMILES string of the molecule is C=C1CC(=O)C(C)(C(C)C)C1. The van der Waals surface area contributed by atoms with Crippen molar-refractivity contribution in [2.45, 2.75) is 33.6 Å². The summed E-state index contributed by atoms with van der Waals surface area (Å²) in [6.07, 6.45) is 1.50. The molecule has 0 aromatic heterocycles. The number of Topliss-reactive ketones (excluding diaryl/α,β-unsaturated/α-hetero) is 1. The van der Waals surface area contributed by atoms with Gasteiger partial charge in [-0.2, -0.15) is 0 Å². The van der Waals surface area contributed by atoms with Crippen molar-refractivity contribution < 1.29 is 4.79 Å². The van der Waals surface area contributed by atoms with Crippen LogP contribution in [0.2, 0.25) is 0 Å². The number of hydrogen-bond donors (Lipinski definition) is 0. The Bertz CT molecular complexity index is 203. The summed E-state index contributed by atoms with van der Waals surface area (Å²) in [5.41, 5.74) is 0.989. The summed E-state index contributed by atoms with van der Waals surface area (Å²) in [5, 5.41) is 0. The summed E-state index contributed by atoms with van der Waals surface area (Å²) >= 11 is 0. The highest BCUT2D eigenvalue weighted by atomic mass is 16.1. The maximum absolute atomic E-state index is 11.5. The Morgan fingerprint density at radius 1 is 1.55 bits per heavy atom. The zero-order chi connectivity index (χ0) is 8.65. The number of rotatable bonds is 1. The van der Waals surface area contributed by atoms with Gasteiger partial charge in [0.05, 0.1) is 0 Å². The second-order valence-corrected chi connectivity index (χ2v) is 4.10. The minimum absolute atomic E-state index is 0.114. The lowest BCUT2D eigenvalue weighted by atomic mass is 9.77. The van der Waals surface area contributed by atoms with E-state index in [1.807, 2.05) is 0 Å². The first kappa shape index (κ1) is 8.51. The highest BCUT2D eigenvalue weighted by molar-refractivity contribution is 5.90. The molecular formula is C10H16O. The standard InChI is InChI=1S/C10H16O/c1-7(2)10(4)6-8(3)5-9(10)11/h7H,3,5-6H2,1-2,4H3. The molecule has 1 aliphatic carbocycles. The van der Waals surface area contributed by atoms with Gasteiger partial charge in [-0.3, -0.25) is 4.79 Å². The summed E-state index contributed by atoms with van der Waals surface area (Å²) < 4.78 is 0. The molecule has 1 aliphatic rings. The van der Waals surface area contributed by atoms with Crippen molar-refractivity contribution in [2.24, 2.45) is 11.3 Å². The largest absolute Gasteiger partial charge is 0.299 e. The van der Waals surface area contributed by atoms with Gasteiger partial charge >= 0.3 is 0 Å². The fourth-order valence-electron chi connectivity index (χ4n) is 1.64. The number of ketones is 1. The molecule has 1 saturated carbocycles. The summed E-state index contributed by atoms with van der Waals surface area (Å²) in [6.45, 7) is 10.1. The van der Waals surface area contributed by atoms with Crippen LogP contribution in [0.25, 0.3) is 0 Å². The molecule has 0 saturated heterocycles. The minimum Gasteiger partial charge on any atom is -0.299 e. The molecule has 1 unspecified atom stereocenters. The fourth-order valence-corrected chi connectivity index (χ4v) is 1.64. The molecule has 0 amide bonds. The van der Waals surface area contributed by atoms with Crippen LogP contribution in [-0.2, 0) is 4.79 Å². The zero-order valence-corrected chi connectivity index (χ0v) is 7.61. The topological polar surface area (TPSA) is 17.1 Å². The van der Waals surface area contributed by atoms with E-state index >= 15 is 0 Å². The first-order chi connectivity index (χ1) is 4.97. The van der Waals surface area contributed by atoms with Gasteiger partial charge in [-0.1, -0.05) is 32.9 Å². The van der Waals surface area contributed by atoms with Crippen LogP contribution >= 0.6 is 0 Å². The summed E-state index contributed by atoms with van der Waals surface area (Å²) in [4.78, 5) is 11.5. The average molecular weight is 152 g/mol. The Kier molecular flexibility index (Phi) is 1.91. The Balaban J connectivity index is 2.87. The monoisotopic (exact) mass is 152 g/mol. The van der Waals surface area contributed by atoms with Gasteiger partial charge in [-0.25, -0.2) is 0 Å². The van der Waals surface area contributed by atoms with Crippen molar-refractivity contribution in [3.63, 3.8) is 0 Å². The number of carbonyl (C=O) groups is 1. The van der Waals surface area contributed by atoms with Crippen molar-refractivity contribution in [1.29, 1.82) is 0 Å². The Morgan fingerprint density at radius 2 is 2.09 bits per heavy atom. The van der Waals surface area contributed by atoms with Gasteiger partial charge in [-0.05, 0) is 12.3 Å². The third kappa shape index (κ3) is 1.24. The zero-order valence-electron chi connectivity index (χ0n) is 7.61. The molecule has 0 bridgehead atoms. The van der Waals surface area contributed by atoms with E-state index in [4.69, 9.17) is 0 Å². The maximum atomic E-state index is 11.5. The summed E-state index contributed by atoms with van der Waals surface area (Å²) in [5.74, 6) is 0.812. The van der Waals surface area contributed by atoms with E-state index < -0.39 is 0 Å². The fraction of sp³-hybridized carbons (Fsp3) is 0.700. The first-order valence-corrected chi connectivity index (χ1v) is 4.17. The van der Waals surface area contributed by atoms with Crippen LogP contribution in [0.1, 0.15) is 33.6 Å². The predicted molar refractivity (Wildman–Crippen MR) is 46.3 cm³/mol. The molecule has 0 aromatic carbocycles. The molecule has 0 heterocycles. The van der Waals surface area contributed by atoms with Gasteiger partial charge in [0.2, 0.25) is 0 Å². The summed E-state index contributed by atoms with van der Waals surface area (Å²) in [7, 11) is 0. The van der Waals surface area contributed by atoms with E-state index in [-0.39, 0.29) is 5.41 Å². The molecule has 11 heavy (non-hydrogen) atoms. The lowest BCUT2D eigenvalue weighted by Crippen LogP contribution is -2.27. The van der Waals surface area contributed by atoms with E-state index in [1.165, 1.54) is 0 Å². The van der Waals surface area contributed by atoms with Crippen molar-refractivity contribution in [3.8, 4) is 0 Å². The Labute approximate surface area is 68.5 Å². The van der Waals surface area contributed by atoms with Gasteiger partial charge in [0.1, 0.15) is 5.78 Å². The van der Waals surface area contributed by atoms with E-state index in [0.717, 1.165) is 12.0 Å². The van der Waals surface area contributed by atoms with E-state index in [9.17, 15) is 4.79 Å². The van der Waals surface area contributed by atoms with Crippen LogP contribution in [0, 0.1) is 11.3 Å². The third-order valence-corrected chi connectivity index (χ3v) is 2.94. The molecule has 0 spiro atoms. The second-order valence-electron chi connectivity index (χ2n) is 4.10. The molecule has 0 N–H and O–H groups in total. The second kappa shape index (κ2) is 2.47. The van der Waals surface area contributed by atoms with Crippen LogP contribution in [0.3, 0.4) is 0 Å². The highest BCUT2D eigenvalue weighted by Gasteiger charge is 2.41. The van der Waals surface area contributed by atoms with E-state index in [0.29, 0.717) is 18.1 Å². The van der Waals surface area contributed by atoms with Gasteiger partial charge in [0, 0.05) is 11.8 Å². The van der Waals surface area contributed by atoms with Crippen LogP contribution < -0.4 is 0 Å². The van der Waals surface area contributed by atoms with Crippen molar-refractivity contribution >= 4 is 5.78 Å². The number of carbonyl (C=O) groups excluding carboxylic acids is 1. The lowest BCUT2D eigenvalue weighted by molar-refractivity contribution is -0.126. The minimum atomic E-state index is -0.114. The van der Waals surface area contributed by atoms with Gasteiger partial charge in [0.25, 0.3) is 0 Å². The number of allylic oxidation sites excluding steroid dienone is 1. The lowest BCUT2D eigenvalue weighted by Gasteiger charge is -2.25. The molecule has 62 valence electrons.